The first kappa shape index (κ1) is 22.3. The molecule has 4 N–H and O–H groups in total. The van der Waals surface area contributed by atoms with Crippen LogP contribution in [0, 0.1) is 5.41 Å². The predicted octanol–water partition coefficient (Wildman–Crippen LogP) is 3.00. The van der Waals surface area contributed by atoms with Gasteiger partial charge in [-0.3, -0.25) is 14.6 Å². The molecule has 0 saturated carbocycles. The normalized spacial score (nSPS) is 18.0. The van der Waals surface area contributed by atoms with Gasteiger partial charge in [0.15, 0.2) is 0 Å². The van der Waals surface area contributed by atoms with Crippen LogP contribution in [-0.4, -0.2) is 44.8 Å². The zero-order valence-corrected chi connectivity index (χ0v) is 19.1. The maximum absolute atomic E-state index is 12.5. The number of carbonyl (C=O) groups excluding carboxylic acids is 2. The fraction of sp³-hybridized carbons (Fsp3) is 0.375. The van der Waals surface area contributed by atoms with Crippen LogP contribution in [-0.2, 0) is 13.0 Å². The van der Waals surface area contributed by atoms with Crippen molar-refractivity contribution in [2.45, 2.75) is 25.8 Å². The minimum atomic E-state index is -0.298. The molecule has 1 spiro atoms. The van der Waals surface area contributed by atoms with Gasteiger partial charge < -0.3 is 21.3 Å². The van der Waals surface area contributed by atoms with Crippen LogP contribution in [0.2, 0.25) is 5.02 Å². The SMILES string of the molecule is CNC(=O)c1cc2c(cc1C(=O)NC)NC(=NCc1cccc(Cl)c1)C1(CCNCC1)C2. The number of carbonyl (C=O) groups is 2. The minimum Gasteiger partial charge on any atom is -0.355 e. The minimum absolute atomic E-state index is 0.134. The van der Waals surface area contributed by atoms with Crippen LogP contribution < -0.4 is 21.3 Å². The van der Waals surface area contributed by atoms with Crippen molar-refractivity contribution in [1.82, 2.24) is 16.0 Å². The van der Waals surface area contributed by atoms with Gasteiger partial charge in [-0.2, -0.15) is 0 Å². The Morgan fingerprint density at radius 3 is 2.41 bits per heavy atom. The highest BCUT2D eigenvalue weighted by Crippen LogP contribution is 2.42. The Morgan fingerprint density at radius 2 is 1.75 bits per heavy atom. The zero-order valence-electron chi connectivity index (χ0n) is 18.3. The van der Waals surface area contributed by atoms with E-state index in [-0.39, 0.29) is 17.2 Å². The van der Waals surface area contributed by atoms with E-state index >= 15 is 0 Å². The number of benzene rings is 2. The summed E-state index contributed by atoms with van der Waals surface area (Å²) in [6.45, 7) is 2.34. The summed E-state index contributed by atoms with van der Waals surface area (Å²) >= 11 is 6.15. The van der Waals surface area contributed by atoms with Gasteiger partial charge in [0.05, 0.1) is 17.7 Å². The predicted molar refractivity (Wildman–Crippen MR) is 128 cm³/mol. The van der Waals surface area contributed by atoms with Gasteiger partial charge in [0.2, 0.25) is 0 Å². The lowest BCUT2D eigenvalue weighted by molar-refractivity contribution is 0.0929. The molecule has 2 amide bonds. The zero-order chi connectivity index (χ0) is 22.7. The van der Waals surface area contributed by atoms with Crippen molar-refractivity contribution >= 4 is 34.9 Å². The number of nitrogens with zero attached hydrogens (tertiary/aromatic N) is 1. The third kappa shape index (κ3) is 4.36. The molecule has 0 unspecified atom stereocenters. The van der Waals surface area contributed by atoms with Gasteiger partial charge in [0.1, 0.15) is 5.84 Å². The molecule has 8 heteroatoms. The molecule has 7 nitrogen and oxygen atoms in total. The number of aliphatic imine (C=N–C) groups is 1. The summed E-state index contributed by atoms with van der Waals surface area (Å²) in [5.41, 5.74) is 3.49. The van der Waals surface area contributed by atoms with Crippen molar-refractivity contribution in [3.8, 4) is 0 Å². The first-order valence-electron chi connectivity index (χ1n) is 10.8. The van der Waals surface area contributed by atoms with Gasteiger partial charge in [-0.1, -0.05) is 23.7 Å². The monoisotopic (exact) mass is 453 g/mol. The van der Waals surface area contributed by atoms with Gasteiger partial charge in [-0.25, -0.2) is 0 Å². The fourth-order valence-electron chi connectivity index (χ4n) is 4.59. The topological polar surface area (TPSA) is 94.6 Å². The van der Waals surface area contributed by atoms with E-state index in [9.17, 15) is 9.59 Å². The van der Waals surface area contributed by atoms with E-state index in [2.05, 4.69) is 21.3 Å². The van der Waals surface area contributed by atoms with Crippen molar-refractivity contribution in [3.05, 3.63) is 63.7 Å². The first-order valence-corrected chi connectivity index (χ1v) is 11.2. The van der Waals surface area contributed by atoms with Crippen molar-refractivity contribution in [2.75, 3.05) is 32.5 Å². The summed E-state index contributed by atoms with van der Waals surface area (Å²) in [4.78, 5) is 30.0. The van der Waals surface area contributed by atoms with E-state index < -0.39 is 0 Å². The van der Waals surface area contributed by atoms with E-state index in [1.807, 2.05) is 30.3 Å². The highest BCUT2D eigenvalue weighted by molar-refractivity contribution is 6.30. The molecule has 2 aliphatic heterocycles. The molecule has 4 rings (SSSR count). The first-order chi connectivity index (χ1) is 15.5. The standard InChI is InChI=1S/C24H28ClN5O2/c1-26-21(31)18-11-16-13-24(6-8-28-9-7-24)23(29-14-15-4-3-5-17(25)10-15)30-20(16)12-19(18)22(32)27-2/h3-5,10-12,28H,6-9,13-14H2,1-2H3,(H,26,31)(H,27,32)(H,29,30). The van der Waals surface area contributed by atoms with Crippen molar-refractivity contribution in [1.29, 1.82) is 0 Å². The number of halogens is 1. The Bertz CT molecular complexity index is 1080. The number of amides is 2. The van der Waals surface area contributed by atoms with E-state index in [4.69, 9.17) is 16.6 Å². The molecule has 2 heterocycles. The number of amidine groups is 1. The maximum atomic E-state index is 12.5. The quantitative estimate of drug-likeness (QED) is 0.572. The Morgan fingerprint density at radius 1 is 1.06 bits per heavy atom. The molecular formula is C24H28ClN5O2. The summed E-state index contributed by atoms with van der Waals surface area (Å²) < 4.78 is 0. The lowest BCUT2D eigenvalue weighted by Crippen LogP contribution is -2.49. The van der Waals surface area contributed by atoms with Crippen molar-refractivity contribution < 1.29 is 9.59 Å². The second-order valence-corrected chi connectivity index (χ2v) is 8.78. The van der Waals surface area contributed by atoms with Crippen molar-refractivity contribution in [2.24, 2.45) is 10.4 Å². The number of hydrogen-bond acceptors (Lipinski definition) is 4. The average Bonchev–Trinajstić information content (AvgIpc) is 2.81. The number of hydrogen-bond donors (Lipinski definition) is 4. The molecule has 0 atom stereocenters. The van der Waals surface area contributed by atoms with Gasteiger partial charge in [0, 0.05) is 30.2 Å². The molecule has 0 aliphatic carbocycles. The second kappa shape index (κ2) is 9.30. The third-order valence-corrected chi connectivity index (χ3v) is 6.58. The van der Waals surface area contributed by atoms with Crippen LogP contribution in [0.3, 0.4) is 0 Å². The largest absolute Gasteiger partial charge is 0.355 e. The van der Waals surface area contributed by atoms with Crippen LogP contribution in [0.15, 0.2) is 41.4 Å². The Hall–Kier alpha value is -2.90. The summed E-state index contributed by atoms with van der Waals surface area (Å²) in [5.74, 6) is 0.362. The summed E-state index contributed by atoms with van der Waals surface area (Å²) in [6, 6.07) is 11.3. The van der Waals surface area contributed by atoms with Crippen LogP contribution in [0.5, 0.6) is 0 Å². The summed E-state index contributed by atoms with van der Waals surface area (Å²) in [6.07, 6.45) is 2.66. The molecule has 0 aromatic heterocycles. The smallest absolute Gasteiger partial charge is 0.251 e. The second-order valence-electron chi connectivity index (χ2n) is 8.34. The molecule has 2 aromatic rings. The summed E-state index contributed by atoms with van der Waals surface area (Å²) in [5, 5.41) is 12.9. The molecule has 0 bridgehead atoms. The number of fused-ring (bicyclic) bond motifs is 1. The Balaban J connectivity index is 1.76. The molecule has 168 valence electrons. The summed E-state index contributed by atoms with van der Waals surface area (Å²) in [7, 11) is 3.13. The number of anilines is 1. The molecule has 2 aliphatic rings. The third-order valence-electron chi connectivity index (χ3n) is 6.34. The number of nitrogens with one attached hydrogen (secondary N) is 4. The van der Waals surface area contributed by atoms with Gasteiger partial charge in [-0.15, -0.1) is 0 Å². The van der Waals surface area contributed by atoms with Crippen LogP contribution in [0.4, 0.5) is 5.69 Å². The van der Waals surface area contributed by atoms with Gasteiger partial charge >= 0.3 is 0 Å². The molecular weight excluding hydrogens is 426 g/mol. The highest BCUT2D eigenvalue weighted by atomic mass is 35.5. The van der Waals surface area contributed by atoms with Gasteiger partial charge in [-0.05, 0) is 67.7 Å². The molecule has 0 radical (unpaired) electrons. The molecule has 2 aromatic carbocycles. The van der Waals surface area contributed by atoms with Crippen LogP contribution in [0.1, 0.15) is 44.7 Å². The van der Waals surface area contributed by atoms with Gasteiger partial charge in [0.25, 0.3) is 11.8 Å². The average molecular weight is 454 g/mol. The van der Waals surface area contributed by atoms with E-state index in [1.54, 1.807) is 20.2 Å². The molecule has 1 saturated heterocycles. The Kier molecular flexibility index (Phi) is 6.48. The van der Waals surface area contributed by atoms with Crippen LogP contribution >= 0.6 is 11.6 Å². The number of piperidine rings is 1. The lowest BCUT2D eigenvalue weighted by atomic mass is 9.70. The van der Waals surface area contributed by atoms with Crippen LogP contribution in [0.25, 0.3) is 0 Å². The molecule has 32 heavy (non-hydrogen) atoms. The lowest BCUT2D eigenvalue weighted by Gasteiger charge is -2.43. The molecule has 1 fully saturated rings. The highest BCUT2D eigenvalue weighted by Gasteiger charge is 2.41. The van der Waals surface area contributed by atoms with E-state index in [0.717, 1.165) is 55.0 Å². The fourth-order valence-corrected chi connectivity index (χ4v) is 4.81. The maximum Gasteiger partial charge on any atom is 0.251 e. The van der Waals surface area contributed by atoms with Crippen molar-refractivity contribution in [3.63, 3.8) is 0 Å². The number of rotatable bonds is 4. The Labute approximate surface area is 193 Å². The van der Waals surface area contributed by atoms with E-state index in [1.165, 1.54) is 0 Å². The van der Waals surface area contributed by atoms with E-state index in [0.29, 0.717) is 22.7 Å².